The van der Waals surface area contributed by atoms with Crippen molar-refractivity contribution in [2.45, 2.75) is 13.3 Å². The van der Waals surface area contributed by atoms with E-state index in [9.17, 15) is 14.7 Å². The number of aliphatic carboxylic acids is 1. The third kappa shape index (κ3) is 2.82. The number of carboxylic acid groups (broad SMARTS) is 1. The van der Waals surface area contributed by atoms with Gasteiger partial charge >= 0.3 is 5.97 Å². The van der Waals surface area contributed by atoms with E-state index >= 15 is 0 Å². The lowest BCUT2D eigenvalue weighted by Gasteiger charge is -2.18. The first kappa shape index (κ1) is 16.0. The minimum Gasteiger partial charge on any atom is -0.497 e. The molecule has 1 amide bonds. The number of rotatable bonds is 4. The summed E-state index contributed by atoms with van der Waals surface area (Å²) in [5.74, 6) is -0.587. The molecule has 8 nitrogen and oxygen atoms in total. The van der Waals surface area contributed by atoms with Gasteiger partial charge in [0.1, 0.15) is 5.75 Å². The molecule has 1 atom stereocenters. The molecule has 0 aliphatic carbocycles. The van der Waals surface area contributed by atoms with Gasteiger partial charge in [0.25, 0.3) is 17.6 Å². The number of hydrogen-bond acceptors (Lipinski definition) is 6. The zero-order valence-corrected chi connectivity index (χ0v) is 13.4. The van der Waals surface area contributed by atoms with Gasteiger partial charge < -0.3 is 19.3 Å². The average molecular weight is 331 g/mol. The lowest BCUT2D eigenvalue weighted by Crippen LogP contribution is -2.35. The number of nitrogens with zero attached hydrogens (tertiary/aromatic N) is 3. The fourth-order valence-electron chi connectivity index (χ4n) is 2.63. The van der Waals surface area contributed by atoms with Crippen LogP contribution >= 0.6 is 0 Å². The molecule has 1 unspecified atom stereocenters. The molecule has 1 N–H and O–H groups in total. The van der Waals surface area contributed by atoms with Crippen molar-refractivity contribution in [1.82, 2.24) is 15.0 Å². The van der Waals surface area contributed by atoms with E-state index in [0.717, 1.165) is 0 Å². The van der Waals surface area contributed by atoms with E-state index in [4.69, 9.17) is 9.26 Å². The fourth-order valence-corrected chi connectivity index (χ4v) is 2.63. The van der Waals surface area contributed by atoms with Crippen molar-refractivity contribution < 1.29 is 24.0 Å². The van der Waals surface area contributed by atoms with Gasteiger partial charge in [0, 0.05) is 18.7 Å². The van der Waals surface area contributed by atoms with E-state index in [-0.39, 0.29) is 18.3 Å². The van der Waals surface area contributed by atoms with Crippen LogP contribution in [0.25, 0.3) is 11.5 Å². The second-order valence-electron chi connectivity index (χ2n) is 6.00. The van der Waals surface area contributed by atoms with Crippen LogP contribution in [0.2, 0.25) is 0 Å². The Balaban J connectivity index is 1.78. The maximum atomic E-state index is 12.4. The number of benzene rings is 1. The fraction of sp³-hybridized carbons (Fsp3) is 0.375. The van der Waals surface area contributed by atoms with Crippen LogP contribution in [-0.4, -0.2) is 52.2 Å². The van der Waals surface area contributed by atoms with Crippen molar-refractivity contribution >= 4 is 11.9 Å². The van der Waals surface area contributed by atoms with Gasteiger partial charge in [0.2, 0.25) is 0 Å². The van der Waals surface area contributed by atoms with Crippen molar-refractivity contribution in [3.8, 4) is 17.2 Å². The first-order chi connectivity index (χ1) is 11.4. The standard InChI is InChI=1S/C16H17N3O5/c1-16(15(21)22)6-7-19(9-16)14(20)12-17-13(24-18-12)10-4-3-5-11(8-10)23-2/h3-5,8H,6-7,9H2,1-2H3,(H,21,22). The van der Waals surface area contributed by atoms with Gasteiger partial charge in [-0.1, -0.05) is 11.2 Å². The topological polar surface area (TPSA) is 106 Å². The van der Waals surface area contributed by atoms with Crippen LogP contribution in [0.4, 0.5) is 0 Å². The third-order valence-electron chi connectivity index (χ3n) is 4.21. The number of hydrogen-bond donors (Lipinski definition) is 1. The number of ether oxygens (including phenoxy) is 1. The highest BCUT2D eigenvalue weighted by molar-refractivity contribution is 5.91. The SMILES string of the molecule is COc1cccc(-c2nc(C(=O)N3CCC(C)(C(=O)O)C3)no2)c1. The summed E-state index contributed by atoms with van der Waals surface area (Å²) in [5, 5.41) is 13.0. The molecule has 126 valence electrons. The van der Waals surface area contributed by atoms with E-state index in [1.807, 2.05) is 0 Å². The number of amides is 1. The highest BCUT2D eigenvalue weighted by Gasteiger charge is 2.43. The van der Waals surface area contributed by atoms with Gasteiger partial charge in [-0.25, -0.2) is 0 Å². The van der Waals surface area contributed by atoms with Gasteiger partial charge in [0.15, 0.2) is 0 Å². The molecule has 1 aromatic carbocycles. The molecule has 2 heterocycles. The predicted octanol–water partition coefficient (Wildman–Crippen LogP) is 1.68. The highest BCUT2D eigenvalue weighted by atomic mass is 16.5. The summed E-state index contributed by atoms with van der Waals surface area (Å²) in [7, 11) is 1.55. The second kappa shape index (κ2) is 5.95. The van der Waals surface area contributed by atoms with Crippen molar-refractivity contribution in [3.05, 3.63) is 30.1 Å². The van der Waals surface area contributed by atoms with Crippen LogP contribution in [0.5, 0.6) is 5.75 Å². The second-order valence-corrected chi connectivity index (χ2v) is 6.00. The maximum absolute atomic E-state index is 12.4. The Bertz CT molecular complexity index is 788. The largest absolute Gasteiger partial charge is 0.497 e. The molecule has 1 fully saturated rings. The van der Waals surface area contributed by atoms with Crippen LogP contribution in [0.15, 0.2) is 28.8 Å². The third-order valence-corrected chi connectivity index (χ3v) is 4.21. The molecular formula is C16H17N3O5. The monoisotopic (exact) mass is 331 g/mol. The normalized spacial score (nSPS) is 20.2. The molecule has 0 bridgehead atoms. The first-order valence-corrected chi connectivity index (χ1v) is 7.44. The van der Waals surface area contributed by atoms with E-state index in [1.54, 1.807) is 38.3 Å². The molecule has 1 aromatic heterocycles. The summed E-state index contributed by atoms with van der Waals surface area (Å²) in [4.78, 5) is 29.3. The number of likely N-dealkylation sites (tertiary alicyclic amines) is 1. The van der Waals surface area contributed by atoms with E-state index in [1.165, 1.54) is 4.90 Å². The quantitative estimate of drug-likeness (QED) is 0.908. The Hall–Kier alpha value is -2.90. The molecule has 3 rings (SSSR count). The lowest BCUT2D eigenvalue weighted by molar-refractivity contribution is -0.147. The molecule has 0 saturated carbocycles. The van der Waals surface area contributed by atoms with Crippen molar-refractivity contribution in [2.75, 3.05) is 20.2 Å². The molecule has 1 aliphatic heterocycles. The Morgan fingerprint density at radius 3 is 2.88 bits per heavy atom. The molecule has 8 heteroatoms. The van der Waals surface area contributed by atoms with Gasteiger partial charge in [-0.3, -0.25) is 9.59 Å². The van der Waals surface area contributed by atoms with Crippen LogP contribution in [-0.2, 0) is 4.79 Å². The van der Waals surface area contributed by atoms with Gasteiger partial charge in [-0.05, 0) is 31.5 Å². The minimum atomic E-state index is -0.935. The Labute approximate surface area is 138 Å². The number of aromatic nitrogens is 2. The maximum Gasteiger partial charge on any atom is 0.311 e. The molecular weight excluding hydrogens is 314 g/mol. The number of carboxylic acids is 1. The highest BCUT2D eigenvalue weighted by Crippen LogP contribution is 2.31. The van der Waals surface area contributed by atoms with Crippen molar-refractivity contribution in [3.63, 3.8) is 0 Å². The van der Waals surface area contributed by atoms with Crippen LogP contribution < -0.4 is 4.74 Å². The Kier molecular flexibility index (Phi) is 3.96. The summed E-state index contributed by atoms with van der Waals surface area (Å²) < 4.78 is 10.3. The van der Waals surface area contributed by atoms with Crippen LogP contribution in [0.1, 0.15) is 24.0 Å². The van der Waals surface area contributed by atoms with E-state index in [2.05, 4.69) is 10.1 Å². The van der Waals surface area contributed by atoms with Crippen LogP contribution in [0, 0.1) is 5.41 Å². The smallest absolute Gasteiger partial charge is 0.311 e. The molecule has 0 radical (unpaired) electrons. The molecule has 1 aliphatic rings. The molecule has 0 spiro atoms. The average Bonchev–Trinajstić information content (AvgIpc) is 3.22. The zero-order valence-electron chi connectivity index (χ0n) is 13.4. The van der Waals surface area contributed by atoms with Crippen LogP contribution in [0.3, 0.4) is 0 Å². The van der Waals surface area contributed by atoms with Gasteiger partial charge in [0.05, 0.1) is 12.5 Å². The number of carbonyl (C=O) groups is 2. The number of carbonyl (C=O) groups excluding carboxylic acids is 1. The molecule has 24 heavy (non-hydrogen) atoms. The summed E-state index contributed by atoms with van der Waals surface area (Å²) in [6, 6.07) is 7.04. The van der Waals surface area contributed by atoms with Crippen molar-refractivity contribution in [1.29, 1.82) is 0 Å². The molecule has 2 aromatic rings. The van der Waals surface area contributed by atoms with Crippen molar-refractivity contribution in [2.24, 2.45) is 5.41 Å². The van der Waals surface area contributed by atoms with E-state index < -0.39 is 17.3 Å². The summed E-state index contributed by atoms with van der Waals surface area (Å²) >= 11 is 0. The minimum absolute atomic E-state index is 0.0811. The first-order valence-electron chi connectivity index (χ1n) is 7.44. The zero-order chi connectivity index (χ0) is 17.3. The number of methoxy groups -OCH3 is 1. The van der Waals surface area contributed by atoms with Gasteiger partial charge in [-0.15, -0.1) is 0 Å². The van der Waals surface area contributed by atoms with Gasteiger partial charge in [-0.2, -0.15) is 4.98 Å². The Morgan fingerprint density at radius 1 is 1.42 bits per heavy atom. The summed E-state index contributed by atoms with van der Waals surface area (Å²) in [5.41, 5.74) is -0.299. The Morgan fingerprint density at radius 2 is 2.21 bits per heavy atom. The summed E-state index contributed by atoms with van der Waals surface area (Å²) in [6.07, 6.45) is 0.397. The lowest BCUT2D eigenvalue weighted by atomic mass is 9.90. The predicted molar refractivity (Wildman–Crippen MR) is 82.5 cm³/mol. The summed E-state index contributed by atoms with van der Waals surface area (Å²) in [6.45, 7) is 2.11. The molecule has 1 saturated heterocycles. The van der Waals surface area contributed by atoms with E-state index in [0.29, 0.717) is 24.3 Å².